The van der Waals surface area contributed by atoms with Gasteiger partial charge in [-0.15, -0.1) is 0 Å². The van der Waals surface area contributed by atoms with E-state index in [1.807, 2.05) is 38.1 Å². The maximum atomic E-state index is 13.2. The predicted molar refractivity (Wildman–Crippen MR) is 129 cm³/mol. The van der Waals surface area contributed by atoms with Crippen LogP contribution in [0.2, 0.25) is 5.02 Å². The van der Waals surface area contributed by atoms with E-state index >= 15 is 0 Å². The highest BCUT2D eigenvalue weighted by atomic mass is 35.5. The second kappa shape index (κ2) is 10.5. The molecule has 8 nitrogen and oxygen atoms in total. The van der Waals surface area contributed by atoms with Crippen molar-refractivity contribution in [3.8, 4) is 0 Å². The smallest absolute Gasteiger partial charge is 0.276 e. The van der Waals surface area contributed by atoms with Crippen LogP contribution in [0.1, 0.15) is 23.4 Å². The summed E-state index contributed by atoms with van der Waals surface area (Å²) in [6, 6.07) is 7.68. The molecule has 1 N–H and O–H groups in total. The van der Waals surface area contributed by atoms with Crippen molar-refractivity contribution < 1.29 is 9.53 Å². The molecule has 4 rings (SSSR count). The summed E-state index contributed by atoms with van der Waals surface area (Å²) >= 11 is 6.34. The first-order valence-corrected chi connectivity index (χ1v) is 11.7. The Morgan fingerprint density at radius 1 is 1.18 bits per heavy atom. The fourth-order valence-corrected chi connectivity index (χ4v) is 4.53. The van der Waals surface area contributed by atoms with E-state index in [0.29, 0.717) is 23.5 Å². The van der Waals surface area contributed by atoms with E-state index in [1.165, 1.54) is 4.68 Å². The van der Waals surface area contributed by atoms with Gasteiger partial charge in [0.25, 0.3) is 5.56 Å². The lowest BCUT2D eigenvalue weighted by Gasteiger charge is -2.26. The summed E-state index contributed by atoms with van der Waals surface area (Å²) in [5.74, 6) is -0.212. The topological polar surface area (TPSA) is 81.4 Å². The number of aromatic nitrogens is 3. The van der Waals surface area contributed by atoms with Crippen LogP contribution in [0.5, 0.6) is 0 Å². The molecule has 1 amide bonds. The lowest BCUT2D eigenvalue weighted by molar-refractivity contribution is -0.121. The molecule has 0 unspecified atom stereocenters. The summed E-state index contributed by atoms with van der Waals surface area (Å²) in [7, 11) is 0. The number of fused-ring (bicyclic) bond motifs is 1. The van der Waals surface area contributed by atoms with Gasteiger partial charge in [0.2, 0.25) is 5.91 Å². The second-order valence-electron chi connectivity index (χ2n) is 8.40. The highest BCUT2D eigenvalue weighted by Crippen LogP contribution is 2.25. The van der Waals surface area contributed by atoms with Crippen molar-refractivity contribution in [1.29, 1.82) is 0 Å². The fraction of sp³-hybridized carbons (Fsp3) is 0.458. The number of aryl methyl sites for hydroxylation is 2. The van der Waals surface area contributed by atoms with Crippen LogP contribution in [0, 0.1) is 13.8 Å². The molecular weight excluding hydrogens is 442 g/mol. The zero-order valence-corrected chi connectivity index (χ0v) is 19.9. The normalized spacial score (nSPS) is 14.6. The number of amides is 1. The SMILES string of the molecule is Cc1c2cnn(CC(=O)NCCCN3CCOCC3)c(=O)c2c(C)n1Cc1ccccc1Cl. The standard InChI is InChI=1S/C24H30ClN5O3/c1-17-20-14-27-30(16-22(31)26-8-5-9-28-10-12-33-13-11-28)24(32)23(20)18(2)29(17)15-19-6-3-4-7-21(19)25/h3-4,6-7,14H,5,8-13,15-16H2,1-2H3,(H,26,31). The number of hydrogen-bond donors (Lipinski definition) is 1. The van der Waals surface area contributed by atoms with Gasteiger partial charge < -0.3 is 14.6 Å². The molecule has 0 bridgehead atoms. The van der Waals surface area contributed by atoms with Crippen molar-refractivity contribution in [2.75, 3.05) is 39.4 Å². The molecule has 0 spiro atoms. The van der Waals surface area contributed by atoms with Gasteiger partial charge in [-0.1, -0.05) is 29.8 Å². The first-order valence-electron chi connectivity index (χ1n) is 11.3. The minimum absolute atomic E-state index is 0.0967. The van der Waals surface area contributed by atoms with Crippen molar-refractivity contribution in [2.24, 2.45) is 0 Å². The van der Waals surface area contributed by atoms with E-state index in [0.717, 1.165) is 61.6 Å². The molecule has 3 aromatic rings. The number of morpholine rings is 1. The number of benzene rings is 1. The Kier molecular flexibility index (Phi) is 7.47. The molecule has 2 aromatic heterocycles. The van der Waals surface area contributed by atoms with E-state index in [4.69, 9.17) is 16.3 Å². The third kappa shape index (κ3) is 5.29. The van der Waals surface area contributed by atoms with Gasteiger partial charge in [-0.05, 0) is 38.4 Å². The highest BCUT2D eigenvalue weighted by Gasteiger charge is 2.18. The third-order valence-electron chi connectivity index (χ3n) is 6.26. The van der Waals surface area contributed by atoms with Crippen molar-refractivity contribution in [3.63, 3.8) is 0 Å². The molecule has 1 saturated heterocycles. The number of rotatable bonds is 8. The van der Waals surface area contributed by atoms with Gasteiger partial charge >= 0.3 is 0 Å². The van der Waals surface area contributed by atoms with E-state index in [2.05, 4.69) is 19.9 Å². The van der Waals surface area contributed by atoms with E-state index in [-0.39, 0.29) is 18.0 Å². The summed E-state index contributed by atoms with van der Waals surface area (Å²) in [5, 5.41) is 9.25. The molecule has 1 aromatic carbocycles. The van der Waals surface area contributed by atoms with Crippen molar-refractivity contribution in [1.82, 2.24) is 24.6 Å². The second-order valence-corrected chi connectivity index (χ2v) is 8.81. The Labute approximate surface area is 198 Å². The summed E-state index contributed by atoms with van der Waals surface area (Å²) in [5.41, 5.74) is 2.52. The first kappa shape index (κ1) is 23.5. The van der Waals surface area contributed by atoms with Crippen LogP contribution in [0.4, 0.5) is 0 Å². The summed E-state index contributed by atoms with van der Waals surface area (Å²) in [6.45, 7) is 9.25. The van der Waals surface area contributed by atoms with Crippen LogP contribution in [0.25, 0.3) is 10.8 Å². The van der Waals surface area contributed by atoms with E-state index in [9.17, 15) is 9.59 Å². The molecule has 0 aliphatic carbocycles. The van der Waals surface area contributed by atoms with Crippen LogP contribution in [0.15, 0.2) is 35.3 Å². The minimum atomic E-state index is -0.255. The zero-order chi connectivity index (χ0) is 23.4. The Bertz CT molecular complexity index is 1200. The van der Waals surface area contributed by atoms with Crippen LogP contribution in [0.3, 0.4) is 0 Å². The predicted octanol–water partition coefficient (Wildman–Crippen LogP) is 2.36. The zero-order valence-electron chi connectivity index (χ0n) is 19.1. The molecule has 33 heavy (non-hydrogen) atoms. The molecule has 1 aliphatic heterocycles. The number of carbonyl (C=O) groups excluding carboxylic acids is 1. The lowest BCUT2D eigenvalue weighted by atomic mass is 10.2. The lowest BCUT2D eigenvalue weighted by Crippen LogP contribution is -2.39. The maximum Gasteiger partial charge on any atom is 0.276 e. The number of nitrogens with zero attached hydrogens (tertiary/aromatic N) is 4. The summed E-state index contributed by atoms with van der Waals surface area (Å²) in [4.78, 5) is 27.9. The Balaban J connectivity index is 1.44. The number of ether oxygens (including phenoxy) is 1. The molecule has 1 aliphatic rings. The molecule has 3 heterocycles. The quantitative estimate of drug-likeness (QED) is 0.510. The average Bonchev–Trinajstić information content (AvgIpc) is 3.06. The molecule has 9 heteroatoms. The van der Waals surface area contributed by atoms with Gasteiger partial charge in [-0.2, -0.15) is 5.10 Å². The largest absolute Gasteiger partial charge is 0.379 e. The average molecular weight is 472 g/mol. The fourth-order valence-electron chi connectivity index (χ4n) is 4.34. The van der Waals surface area contributed by atoms with Gasteiger partial charge in [0, 0.05) is 48.0 Å². The third-order valence-corrected chi connectivity index (χ3v) is 6.63. The van der Waals surface area contributed by atoms with Crippen molar-refractivity contribution in [2.45, 2.75) is 33.4 Å². The van der Waals surface area contributed by atoms with Gasteiger partial charge in [0.1, 0.15) is 6.54 Å². The summed E-state index contributed by atoms with van der Waals surface area (Å²) < 4.78 is 8.66. The monoisotopic (exact) mass is 471 g/mol. The van der Waals surface area contributed by atoms with Gasteiger partial charge in [-0.25, -0.2) is 4.68 Å². The number of nitrogens with one attached hydrogen (secondary N) is 1. The first-order chi connectivity index (χ1) is 16.0. The summed E-state index contributed by atoms with van der Waals surface area (Å²) in [6.07, 6.45) is 2.53. The van der Waals surface area contributed by atoms with Crippen molar-refractivity contribution in [3.05, 3.63) is 62.8 Å². The molecule has 0 radical (unpaired) electrons. The Morgan fingerprint density at radius 2 is 1.94 bits per heavy atom. The molecule has 176 valence electrons. The van der Waals surface area contributed by atoms with Crippen molar-refractivity contribution >= 4 is 28.3 Å². The molecule has 0 atom stereocenters. The molecular formula is C24H30ClN5O3. The van der Waals surface area contributed by atoms with Gasteiger partial charge in [-0.3, -0.25) is 14.5 Å². The highest BCUT2D eigenvalue weighted by molar-refractivity contribution is 6.31. The maximum absolute atomic E-state index is 13.2. The Hall–Kier alpha value is -2.68. The minimum Gasteiger partial charge on any atom is -0.379 e. The van der Waals surface area contributed by atoms with Crippen LogP contribution >= 0.6 is 11.6 Å². The number of halogens is 1. The molecule has 1 fully saturated rings. The molecule has 0 saturated carbocycles. The van der Waals surface area contributed by atoms with E-state index < -0.39 is 0 Å². The van der Waals surface area contributed by atoms with Gasteiger partial charge in [0.15, 0.2) is 0 Å². The van der Waals surface area contributed by atoms with Crippen LogP contribution in [-0.2, 0) is 22.6 Å². The number of carbonyl (C=O) groups is 1. The number of hydrogen-bond acceptors (Lipinski definition) is 5. The van der Waals surface area contributed by atoms with Gasteiger partial charge in [0.05, 0.1) is 24.8 Å². The van der Waals surface area contributed by atoms with Crippen LogP contribution in [-0.4, -0.2) is 64.5 Å². The van der Waals surface area contributed by atoms with E-state index in [1.54, 1.807) is 6.20 Å². The van der Waals surface area contributed by atoms with Crippen LogP contribution < -0.4 is 10.9 Å². The Morgan fingerprint density at radius 3 is 2.70 bits per heavy atom.